The lowest BCUT2D eigenvalue weighted by Gasteiger charge is -2.25. The predicted molar refractivity (Wildman–Crippen MR) is 120 cm³/mol. The Morgan fingerprint density at radius 2 is 2.15 bits per heavy atom. The number of rotatable bonds is 9. The van der Waals surface area contributed by atoms with Gasteiger partial charge in [-0.2, -0.15) is 0 Å². The number of aliphatic hydroxyl groups excluding tert-OH is 1. The fraction of sp³-hybridized carbons (Fsp3) is 0.650. The van der Waals surface area contributed by atoms with Crippen molar-refractivity contribution in [3.05, 3.63) is 29.8 Å². The molecule has 0 radical (unpaired) electrons. The Labute approximate surface area is 180 Å². The van der Waals surface area contributed by atoms with Crippen LogP contribution >= 0.6 is 24.0 Å². The van der Waals surface area contributed by atoms with Crippen molar-refractivity contribution in [2.24, 2.45) is 10.4 Å². The van der Waals surface area contributed by atoms with E-state index in [4.69, 9.17) is 14.5 Å². The van der Waals surface area contributed by atoms with Crippen LogP contribution in [0.15, 0.2) is 29.3 Å². The van der Waals surface area contributed by atoms with Crippen LogP contribution in [0.4, 0.5) is 0 Å². The summed E-state index contributed by atoms with van der Waals surface area (Å²) in [5, 5.41) is 16.0. The number of hydrogen-bond acceptors (Lipinski definition) is 4. The van der Waals surface area contributed by atoms with E-state index in [0.717, 1.165) is 43.3 Å². The van der Waals surface area contributed by atoms with E-state index in [1.54, 1.807) is 0 Å². The molecule has 1 aromatic carbocycles. The summed E-state index contributed by atoms with van der Waals surface area (Å²) in [4.78, 5) is 4.73. The van der Waals surface area contributed by atoms with Gasteiger partial charge in [0.2, 0.25) is 0 Å². The second-order valence-corrected chi connectivity index (χ2v) is 7.05. The summed E-state index contributed by atoms with van der Waals surface area (Å²) in [6.07, 6.45) is 1.69. The van der Waals surface area contributed by atoms with Crippen LogP contribution in [0.3, 0.4) is 0 Å². The molecule has 6 nitrogen and oxygen atoms in total. The third kappa shape index (κ3) is 7.83. The maximum absolute atomic E-state index is 9.35. The fourth-order valence-electron chi connectivity index (χ4n) is 3.06. The van der Waals surface area contributed by atoms with E-state index in [1.165, 1.54) is 0 Å². The van der Waals surface area contributed by atoms with E-state index in [-0.39, 0.29) is 42.1 Å². The molecule has 2 atom stereocenters. The van der Waals surface area contributed by atoms with E-state index in [1.807, 2.05) is 45.0 Å². The quantitative estimate of drug-likeness (QED) is 0.282. The smallest absolute Gasteiger partial charge is 0.191 e. The van der Waals surface area contributed by atoms with Gasteiger partial charge in [-0.1, -0.05) is 18.2 Å². The molecule has 1 aliphatic heterocycles. The number of para-hydroxylation sites is 1. The van der Waals surface area contributed by atoms with Crippen LogP contribution in [-0.2, 0) is 4.74 Å². The minimum atomic E-state index is -0.0413. The van der Waals surface area contributed by atoms with Gasteiger partial charge in [0.25, 0.3) is 0 Å². The van der Waals surface area contributed by atoms with Gasteiger partial charge in [0.1, 0.15) is 11.9 Å². The normalized spacial score (nSPS) is 20.7. The lowest BCUT2D eigenvalue weighted by atomic mass is 9.84. The number of guanidine groups is 1. The summed E-state index contributed by atoms with van der Waals surface area (Å²) >= 11 is 0. The Hall–Kier alpha value is -1.06. The van der Waals surface area contributed by atoms with E-state index >= 15 is 0 Å². The number of aryl methyl sites for hydroxylation is 1. The van der Waals surface area contributed by atoms with Gasteiger partial charge in [0, 0.05) is 25.2 Å². The van der Waals surface area contributed by atoms with Gasteiger partial charge < -0.3 is 25.2 Å². The molecule has 0 saturated carbocycles. The number of aliphatic imine (C=N–C) groups is 1. The van der Waals surface area contributed by atoms with Crippen molar-refractivity contribution in [2.45, 2.75) is 39.7 Å². The SMILES string of the molecule is CCNC(=NCC1(CCO)CCOC1)NCC(C)Oc1ccccc1C.I. The summed E-state index contributed by atoms with van der Waals surface area (Å²) in [6, 6.07) is 8.03. The van der Waals surface area contributed by atoms with Crippen LogP contribution in [0.5, 0.6) is 5.75 Å². The molecular weight excluding hydrogens is 457 g/mol. The third-order valence-corrected chi connectivity index (χ3v) is 4.72. The molecule has 0 aromatic heterocycles. The van der Waals surface area contributed by atoms with Crippen LogP contribution in [0.25, 0.3) is 0 Å². The highest BCUT2D eigenvalue weighted by molar-refractivity contribution is 14.0. The van der Waals surface area contributed by atoms with Crippen molar-refractivity contribution < 1.29 is 14.6 Å². The Bertz CT molecular complexity index is 577. The predicted octanol–water partition coefficient (Wildman–Crippen LogP) is 2.72. The maximum Gasteiger partial charge on any atom is 0.191 e. The summed E-state index contributed by atoms with van der Waals surface area (Å²) in [5.74, 6) is 1.69. The number of hydrogen-bond donors (Lipinski definition) is 3. The van der Waals surface area contributed by atoms with Crippen molar-refractivity contribution in [3.63, 3.8) is 0 Å². The van der Waals surface area contributed by atoms with Gasteiger partial charge in [0.05, 0.1) is 19.7 Å². The highest BCUT2D eigenvalue weighted by Gasteiger charge is 2.34. The second kappa shape index (κ2) is 12.4. The minimum absolute atomic E-state index is 0. The lowest BCUT2D eigenvalue weighted by Crippen LogP contribution is -2.42. The van der Waals surface area contributed by atoms with E-state index < -0.39 is 0 Å². The van der Waals surface area contributed by atoms with Crippen LogP contribution < -0.4 is 15.4 Å². The van der Waals surface area contributed by atoms with E-state index in [2.05, 4.69) is 10.6 Å². The van der Waals surface area contributed by atoms with E-state index in [9.17, 15) is 5.11 Å². The Morgan fingerprint density at radius 3 is 2.78 bits per heavy atom. The van der Waals surface area contributed by atoms with Gasteiger partial charge in [-0.05, 0) is 45.2 Å². The molecule has 0 spiro atoms. The van der Waals surface area contributed by atoms with Gasteiger partial charge in [0.15, 0.2) is 5.96 Å². The molecule has 2 rings (SSSR count). The van der Waals surface area contributed by atoms with Gasteiger partial charge in [-0.3, -0.25) is 4.99 Å². The van der Waals surface area contributed by atoms with Crippen LogP contribution in [0.1, 0.15) is 32.3 Å². The second-order valence-electron chi connectivity index (χ2n) is 7.05. The summed E-state index contributed by atoms with van der Waals surface area (Å²) in [5.41, 5.74) is 1.09. The first-order valence-corrected chi connectivity index (χ1v) is 9.51. The zero-order chi connectivity index (χ0) is 18.8. The molecule has 3 N–H and O–H groups in total. The van der Waals surface area contributed by atoms with Gasteiger partial charge >= 0.3 is 0 Å². The zero-order valence-corrected chi connectivity index (χ0v) is 19.0. The molecular formula is C20H34IN3O3. The molecule has 27 heavy (non-hydrogen) atoms. The molecule has 7 heteroatoms. The molecule has 154 valence electrons. The minimum Gasteiger partial charge on any atom is -0.489 e. The highest BCUT2D eigenvalue weighted by atomic mass is 127. The molecule has 1 saturated heterocycles. The third-order valence-electron chi connectivity index (χ3n) is 4.72. The number of aliphatic hydroxyl groups is 1. The van der Waals surface area contributed by atoms with Crippen molar-refractivity contribution in [3.8, 4) is 5.75 Å². The van der Waals surface area contributed by atoms with Gasteiger partial charge in [-0.25, -0.2) is 0 Å². The summed E-state index contributed by atoms with van der Waals surface area (Å²) in [6.45, 7) is 9.83. The fourth-order valence-corrected chi connectivity index (χ4v) is 3.06. The lowest BCUT2D eigenvalue weighted by molar-refractivity contribution is 0.131. The average molecular weight is 491 g/mol. The van der Waals surface area contributed by atoms with E-state index in [0.29, 0.717) is 19.7 Å². The molecule has 0 bridgehead atoms. The topological polar surface area (TPSA) is 75.1 Å². The zero-order valence-electron chi connectivity index (χ0n) is 16.7. The molecule has 2 unspecified atom stereocenters. The largest absolute Gasteiger partial charge is 0.489 e. The monoisotopic (exact) mass is 491 g/mol. The summed E-state index contributed by atoms with van der Waals surface area (Å²) < 4.78 is 11.6. The van der Waals surface area contributed by atoms with Crippen LogP contribution in [0, 0.1) is 12.3 Å². The van der Waals surface area contributed by atoms with Crippen molar-refractivity contribution in [1.29, 1.82) is 0 Å². The molecule has 1 aromatic rings. The Kier molecular flexibility index (Phi) is 11.0. The number of halogens is 1. The van der Waals surface area contributed by atoms with Crippen LogP contribution in [-0.4, -0.2) is 56.6 Å². The summed E-state index contributed by atoms with van der Waals surface area (Å²) in [7, 11) is 0. The maximum atomic E-state index is 9.35. The molecule has 1 aliphatic rings. The molecule has 1 heterocycles. The average Bonchev–Trinajstić information content (AvgIpc) is 3.08. The number of benzene rings is 1. The first kappa shape index (κ1) is 24.0. The highest BCUT2D eigenvalue weighted by Crippen LogP contribution is 2.32. The molecule has 1 fully saturated rings. The molecule has 0 aliphatic carbocycles. The Balaban J connectivity index is 0.00000364. The first-order chi connectivity index (χ1) is 12.6. The number of nitrogens with zero attached hydrogens (tertiary/aromatic N) is 1. The van der Waals surface area contributed by atoms with Crippen molar-refractivity contribution in [1.82, 2.24) is 10.6 Å². The van der Waals surface area contributed by atoms with Crippen molar-refractivity contribution in [2.75, 3.05) is 39.5 Å². The first-order valence-electron chi connectivity index (χ1n) is 9.51. The Morgan fingerprint density at radius 1 is 1.37 bits per heavy atom. The standard InChI is InChI=1S/C20H33N3O3.HI/c1-4-21-19(23-14-20(9-11-24)10-12-25-15-20)22-13-17(3)26-18-8-6-5-7-16(18)2;/h5-8,17,24H,4,9-15H2,1-3H3,(H2,21,22,23);1H. The molecule has 0 amide bonds. The van der Waals surface area contributed by atoms with Crippen molar-refractivity contribution >= 4 is 29.9 Å². The van der Waals surface area contributed by atoms with Gasteiger partial charge in [-0.15, -0.1) is 24.0 Å². The van der Waals surface area contributed by atoms with Crippen LogP contribution in [0.2, 0.25) is 0 Å². The number of nitrogens with one attached hydrogen (secondary N) is 2. The number of ether oxygens (including phenoxy) is 2.